The molecule has 0 aromatic carbocycles. The van der Waals surface area contributed by atoms with E-state index in [0.717, 1.165) is 29.7 Å². The average Bonchev–Trinajstić information content (AvgIpc) is 3.13. The minimum Gasteiger partial charge on any atom is -0.462 e. The van der Waals surface area contributed by atoms with Crippen LogP contribution in [0.1, 0.15) is 51.6 Å². The molecule has 1 amide bonds. The van der Waals surface area contributed by atoms with Crippen LogP contribution < -0.4 is 10.6 Å². The van der Waals surface area contributed by atoms with Crippen LogP contribution in [-0.4, -0.2) is 33.4 Å². The molecule has 150 valence electrons. The molecule has 2 N–H and O–H groups in total. The van der Waals surface area contributed by atoms with Crippen molar-refractivity contribution in [3.63, 3.8) is 0 Å². The molecule has 10 heteroatoms. The van der Waals surface area contributed by atoms with Gasteiger partial charge in [0.05, 0.1) is 23.4 Å². The topological polar surface area (TPSA) is 85.2 Å². The van der Waals surface area contributed by atoms with E-state index >= 15 is 0 Å². The number of anilines is 1. The summed E-state index contributed by atoms with van der Waals surface area (Å²) in [6.07, 6.45) is 4.15. The first-order valence-corrected chi connectivity index (χ1v) is 10.5. The second kappa shape index (κ2) is 8.59. The number of hydrogen-bond acceptors (Lipinski definition) is 6. The fourth-order valence-electron chi connectivity index (χ4n) is 3.22. The van der Waals surface area contributed by atoms with Crippen LogP contribution >= 0.6 is 35.2 Å². The van der Waals surface area contributed by atoms with Crippen molar-refractivity contribution < 1.29 is 14.3 Å². The zero-order chi connectivity index (χ0) is 20.4. The Bertz CT molecular complexity index is 918. The van der Waals surface area contributed by atoms with E-state index in [-0.39, 0.29) is 21.8 Å². The third-order valence-corrected chi connectivity index (χ3v) is 6.21. The van der Waals surface area contributed by atoms with Crippen molar-refractivity contribution in [3.05, 3.63) is 32.9 Å². The number of ether oxygens (including phenoxy) is 1. The number of hydrogen-bond donors (Lipinski definition) is 2. The predicted octanol–water partition coefficient (Wildman–Crippen LogP) is 3.56. The molecule has 0 unspecified atom stereocenters. The lowest BCUT2D eigenvalue weighted by Gasteiger charge is -2.18. The summed E-state index contributed by atoms with van der Waals surface area (Å²) in [6, 6.07) is 0. The second-order valence-corrected chi connectivity index (χ2v) is 8.57. The van der Waals surface area contributed by atoms with Gasteiger partial charge in [-0.1, -0.05) is 18.5 Å². The van der Waals surface area contributed by atoms with E-state index in [4.69, 9.17) is 28.6 Å². The summed E-state index contributed by atoms with van der Waals surface area (Å²) < 4.78 is 6.61. The highest BCUT2D eigenvalue weighted by Gasteiger charge is 2.29. The molecule has 2 aromatic heterocycles. The number of esters is 1. The van der Waals surface area contributed by atoms with Gasteiger partial charge in [0.1, 0.15) is 10.7 Å². The van der Waals surface area contributed by atoms with Crippen molar-refractivity contribution in [2.45, 2.75) is 33.1 Å². The summed E-state index contributed by atoms with van der Waals surface area (Å²) in [5, 5.41) is 10.4. The Balaban J connectivity index is 1.82. The third-order valence-electron chi connectivity index (χ3n) is 4.55. The lowest BCUT2D eigenvalue weighted by atomic mass is 9.88. The van der Waals surface area contributed by atoms with Gasteiger partial charge in [-0.25, -0.2) is 4.79 Å². The number of fused-ring (bicyclic) bond motifs is 1. The van der Waals surface area contributed by atoms with E-state index in [2.05, 4.69) is 22.7 Å². The molecule has 28 heavy (non-hydrogen) atoms. The maximum Gasteiger partial charge on any atom is 0.341 e. The van der Waals surface area contributed by atoms with Crippen molar-refractivity contribution in [1.82, 2.24) is 15.1 Å². The van der Waals surface area contributed by atoms with Crippen LogP contribution in [0.4, 0.5) is 5.00 Å². The van der Waals surface area contributed by atoms with Crippen LogP contribution in [0, 0.1) is 5.92 Å². The minimum absolute atomic E-state index is 0.0828. The average molecular weight is 441 g/mol. The summed E-state index contributed by atoms with van der Waals surface area (Å²) in [5.74, 6) is -0.288. The van der Waals surface area contributed by atoms with Crippen LogP contribution in [0.5, 0.6) is 0 Å². The Morgan fingerprint density at radius 2 is 2.25 bits per heavy atom. The van der Waals surface area contributed by atoms with E-state index in [1.807, 2.05) is 0 Å². The van der Waals surface area contributed by atoms with Gasteiger partial charge in [0.25, 0.3) is 5.91 Å². The zero-order valence-electron chi connectivity index (χ0n) is 15.8. The largest absolute Gasteiger partial charge is 0.462 e. The molecule has 1 aliphatic carbocycles. The maximum absolute atomic E-state index is 12.5. The van der Waals surface area contributed by atoms with E-state index in [1.165, 1.54) is 22.2 Å². The van der Waals surface area contributed by atoms with Crippen molar-refractivity contribution in [1.29, 1.82) is 0 Å². The van der Waals surface area contributed by atoms with Gasteiger partial charge in [-0.05, 0) is 49.9 Å². The first kappa shape index (κ1) is 20.8. The van der Waals surface area contributed by atoms with Gasteiger partial charge in [-0.3, -0.25) is 14.8 Å². The lowest BCUT2D eigenvalue weighted by molar-refractivity contribution is 0.0526. The molecular formula is C18H21ClN4O3S2. The molecule has 1 atom stereocenters. The number of aryl methyl sites for hydroxylation is 1. The molecule has 2 heterocycles. The number of thiocarbonyl (C=S) groups is 1. The van der Waals surface area contributed by atoms with Gasteiger partial charge in [-0.15, -0.1) is 11.3 Å². The molecule has 0 radical (unpaired) electrons. The summed E-state index contributed by atoms with van der Waals surface area (Å²) >= 11 is 12.8. The highest BCUT2D eigenvalue weighted by atomic mass is 35.5. The van der Waals surface area contributed by atoms with Crippen LogP contribution in [0.2, 0.25) is 5.02 Å². The number of nitrogens with zero attached hydrogens (tertiary/aromatic N) is 2. The summed E-state index contributed by atoms with van der Waals surface area (Å²) in [5.41, 5.74) is 1.74. The fraction of sp³-hybridized carbons (Fsp3) is 0.444. The van der Waals surface area contributed by atoms with Crippen molar-refractivity contribution >= 4 is 57.1 Å². The lowest BCUT2D eigenvalue weighted by Crippen LogP contribution is -2.35. The normalized spacial score (nSPS) is 15.6. The maximum atomic E-state index is 12.5. The number of nitrogens with one attached hydrogen (secondary N) is 2. The highest BCUT2D eigenvalue weighted by molar-refractivity contribution is 7.80. The Labute approximate surface area is 177 Å². The number of halogens is 1. The number of carbonyl (C=O) groups is 2. The quantitative estimate of drug-likeness (QED) is 0.558. The Morgan fingerprint density at radius 1 is 1.50 bits per heavy atom. The van der Waals surface area contributed by atoms with E-state index in [9.17, 15) is 9.59 Å². The third kappa shape index (κ3) is 4.21. The summed E-state index contributed by atoms with van der Waals surface area (Å²) in [7, 11) is 1.62. The standard InChI is InChI=1S/C18H21ClN4O3S2/c1-4-26-17(25)13-10-6-5-9(2)7-12(10)28-16(13)22-18(27)21-15(24)14-11(19)8-20-23(14)3/h8-9H,4-7H2,1-3H3,(H2,21,22,24,27)/t9-/m0/s1. The molecule has 2 aromatic rings. The van der Waals surface area contributed by atoms with Crippen LogP contribution in [-0.2, 0) is 24.6 Å². The summed E-state index contributed by atoms with van der Waals surface area (Å²) in [6.45, 7) is 4.26. The van der Waals surface area contributed by atoms with Crippen LogP contribution in [0.25, 0.3) is 0 Å². The smallest absolute Gasteiger partial charge is 0.341 e. The van der Waals surface area contributed by atoms with Gasteiger partial charge < -0.3 is 10.1 Å². The van der Waals surface area contributed by atoms with Crippen molar-refractivity contribution in [2.75, 3.05) is 11.9 Å². The molecule has 7 nitrogen and oxygen atoms in total. The molecule has 0 aliphatic heterocycles. The monoisotopic (exact) mass is 440 g/mol. The molecule has 1 aliphatic rings. The number of amides is 1. The molecular weight excluding hydrogens is 420 g/mol. The van der Waals surface area contributed by atoms with E-state index in [0.29, 0.717) is 23.1 Å². The SMILES string of the molecule is CCOC(=O)c1c(NC(=S)NC(=O)c2c(Cl)cnn2C)sc2c1CC[C@H](C)C2. The van der Waals surface area contributed by atoms with E-state index < -0.39 is 5.91 Å². The van der Waals surface area contributed by atoms with Crippen molar-refractivity contribution in [2.24, 2.45) is 13.0 Å². The molecule has 0 fully saturated rings. The fourth-order valence-corrected chi connectivity index (χ4v) is 5.14. The van der Waals surface area contributed by atoms with Crippen LogP contribution in [0.3, 0.4) is 0 Å². The number of rotatable bonds is 4. The summed E-state index contributed by atoms with van der Waals surface area (Å²) in [4.78, 5) is 26.1. The molecule has 0 saturated heterocycles. The zero-order valence-corrected chi connectivity index (χ0v) is 18.2. The van der Waals surface area contributed by atoms with Gasteiger partial charge in [-0.2, -0.15) is 5.10 Å². The minimum atomic E-state index is -0.477. The van der Waals surface area contributed by atoms with Crippen LogP contribution in [0.15, 0.2) is 6.20 Å². The number of aromatic nitrogens is 2. The van der Waals surface area contributed by atoms with Gasteiger partial charge >= 0.3 is 5.97 Å². The first-order valence-electron chi connectivity index (χ1n) is 8.93. The Morgan fingerprint density at radius 3 is 2.89 bits per heavy atom. The highest BCUT2D eigenvalue weighted by Crippen LogP contribution is 2.40. The second-order valence-electron chi connectivity index (χ2n) is 6.65. The van der Waals surface area contributed by atoms with E-state index in [1.54, 1.807) is 14.0 Å². The van der Waals surface area contributed by atoms with Gasteiger partial charge in [0, 0.05) is 11.9 Å². The Kier molecular flexibility index (Phi) is 6.36. The van der Waals surface area contributed by atoms with Gasteiger partial charge in [0.2, 0.25) is 0 Å². The molecule has 0 spiro atoms. The molecule has 3 rings (SSSR count). The number of carbonyl (C=O) groups excluding carboxylic acids is 2. The van der Waals surface area contributed by atoms with Crippen molar-refractivity contribution in [3.8, 4) is 0 Å². The van der Waals surface area contributed by atoms with Gasteiger partial charge in [0.15, 0.2) is 5.11 Å². The molecule has 0 saturated carbocycles. The predicted molar refractivity (Wildman–Crippen MR) is 113 cm³/mol. The number of thiophene rings is 1. The Hall–Kier alpha value is -1.97. The first-order chi connectivity index (χ1) is 13.3. The molecule has 0 bridgehead atoms.